The Balaban J connectivity index is 1.81. The Morgan fingerprint density at radius 1 is 1.20 bits per heavy atom. The number of benzene rings is 1. The van der Waals surface area contributed by atoms with Crippen molar-refractivity contribution in [3.05, 3.63) is 102 Å². The first kappa shape index (κ1) is 21.6. The number of allylic oxidation sites excluding steroid dienone is 3. The van der Waals surface area contributed by atoms with Crippen molar-refractivity contribution in [1.82, 2.24) is 4.98 Å². The van der Waals surface area contributed by atoms with E-state index in [9.17, 15) is 13.2 Å². The van der Waals surface area contributed by atoms with Crippen molar-refractivity contribution in [2.24, 2.45) is 10.9 Å². The standard InChI is InChI=1S/C24H23F3N2O/c1-17(20-11-13-21(14-12-20)24(25,26)27)23(30-16-19-8-4-3-5-9-19)29-18(2)22-10-6-7-15-28-22/h3-13,15,18,21H,1,14,16H2,2H3/t18-,21?/m0/s1. The average Bonchev–Trinajstić information content (AvgIpc) is 2.77. The lowest BCUT2D eigenvalue weighted by atomic mass is 9.93. The minimum Gasteiger partial charge on any atom is -0.473 e. The summed E-state index contributed by atoms with van der Waals surface area (Å²) in [5.74, 6) is -1.19. The van der Waals surface area contributed by atoms with Crippen molar-refractivity contribution < 1.29 is 17.9 Å². The molecular formula is C24H23F3N2O. The number of hydrogen-bond acceptors (Lipinski definition) is 3. The van der Waals surface area contributed by atoms with Gasteiger partial charge in [0.25, 0.3) is 0 Å². The molecule has 0 fully saturated rings. The highest BCUT2D eigenvalue weighted by molar-refractivity contribution is 5.98. The lowest BCUT2D eigenvalue weighted by molar-refractivity contribution is -0.160. The van der Waals surface area contributed by atoms with Crippen LogP contribution in [0.4, 0.5) is 13.2 Å². The second-order valence-electron chi connectivity index (χ2n) is 7.02. The third kappa shape index (κ3) is 5.69. The van der Waals surface area contributed by atoms with E-state index in [1.807, 2.05) is 55.5 Å². The van der Waals surface area contributed by atoms with Gasteiger partial charge in [0.1, 0.15) is 6.61 Å². The quantitative estimate of drug-likeness (QED) is 0.408. The first-order valence-corrected chi connectivity index (χ1v) is 9.65. The van der Waals surface area contributed by atoms with Gasteiger partial charge in [-0.2, -0.15) is 13.2 Å². The van der Waals surface area contributed by atoms with Gasteiger partial charge in [0.05, 0.1) is 17.7 Å². The van der Waals surface area contributed by atoms with Crippen LogP contribution in [0.3, 0.4) is 0 Å². The van der Waals surface area contributed by atoms with Crippen LogP contribution >= 0.6 is 0 Å². The topological polar surface area (TPSA) is 34.5 Å². The van der Waals surface area contributed by atoms with Crippen LogP contribution in [-0.2, 0) is 11.3 Å². The highest BCUT2D eigenvalue weighted by atomic mass is 19.4. The van der Waals surface area contributed by atoms with Gasteiger partial charge in [0.2, 0.25) is 5.90 Å². The highest BCUT2D eigenvalue weighted by Gasteiger charge is 2.38. The number of ether oxygens (including phenoxy) is 1. The first-order chi connectivity index (χ1) is 14.3. The normalized spacial score (nSPS) is 17.9. The second-order valence-corrected chi connectivity index (χ2v) is 7.02. The third-order valence-corrected chi connectivity index (χ3v) is 4.77. The van der Waals surface area contributed by atoms with E-state index in [0.717, 1.165) is 17.3 Å². The summed E-state index contributed by atoms with van der Waals surface area (Å²) in [6.07, 6.45) is 1.44. The van der Waals surface area contributed by atoms with Crippen molar-refractivity contribution in [2.75, 3.05) is 0 Å². The summed E-state index contributed by atoms with van der Waals surface area (Å²) in [5.41, 5.74) is 2.74. The van der Waals surface area contributed by atoms with E-state index in [2.05, 4.69) is 16.6 Å². The fourth-order valence-electron chi connectivity index (χ4n) is 3.00. The van der Waals surface area contributed by atoms with Gasteiger partial charge in [0.15, 0.2) is 0 Å². The molecule has 0 radical (unpaired) electrons. The predicted octanol–water partition coefficient (Wildman–Crippen LogP) is 6.38. The van der Waals surface area contributed by atoms with Crippen molar-refractivity contribution in [1.29, 1.82) is 0 Å². The molecule has 3 rings (SSSR count). The molecular weight excluding hydrogens is 389 g/mol. The molecule has 3 nitrogen and oxygen atoms in total. The lowest BCUT2D eigenvalue weighted by Crippen LogP contribution is -2.22. The number of hydrogen-bond donors (Lipinski definition) is 0. The van der Waals surface area contributed by atoms with Gasteiger partial charge in [-0.25, -0.2) is 4.99 Å². The number of aliphatic imine (C=N–C) groups is 1. The zero-order chi connectivity index (χ0) is 21.6. The molecule has 0 spiro atoms. The maximum absolute atomic E-state index is 12.9. The summed E-state index contributed by atoms with van der Waals surface area (Å²) < 4.78 is 44.8. The van der Waals surface area contributed by atoms with Crippen LogP contribution in [0.5, 0.6) is 0 Å². The summed E-state index contributed by atoms with van der Waals surface area (Å²) in [6.45, 7) is 6.20. The van der Waals surface area contributed by atoms with E-state index in [4.69, 9.17) is 4.74 Å². The molecule has 0 aliphatic heterocycles. The molecule has 1 unspecified atom stereocenters. The molecule has 2 aromatic rings. The van der Waals surface area contributed by atoms with E-state index in [0.29, 0.717) is 17.0 Å². The van der Waals surface area contributed by atoms with Gasteiger partial charge in [-0.3, -0.25) is 4.98 Å². The van der Waals surface area contributed by atoms with Gasteiger partial charge in [-0.1, -0.05) is 61.2 Å². The molecule has 1 aliphatic rings. The monoisotopic (exact) mass is 412 g/mol. The molecule has 1 aromatic heterocycles. The maximum atomic E-state index is 12.9. The summed E-state index contributed by atoms with van der Waals surface area (Å²) >= 11 is 0. The van der Waals surface area contributed by atoms with Crippen LogP contribution in [0.1, 0.15) is 30.6 Å². The predicted molar refractivity (Wildman–Crippen MR) is 112 cm³/mol. The minimum atomic E-state index is -4.26. The van der Waals surface area contributed by atoms with Crippen LogP contribution in [0, 0.1) is 5.92 Å². The second kappa shape index (κ2) is 9.57. The number of aromatic nitrogens is 1. The Kier molecular flexibility index (Phi) is 6.87. The van der Waals surface area contributed by atoms with E-state index in [1.165, 1.54) is 12.2 Å². The number of alkyl halides is 3. The van der Waals surface area contributed by atoms with E-state index < -0.39 is 12.1 Å². The third-order valence-electron chi connectivity index (χ3n) is 4.77. The molecule has 1 aromatic carbocycles. The van der Waals surface area contributed by atoms with Crippen LogP contribution < -0.4 is 0 Å². The molecule has 0 N–H and O–H groups in total. The Morgan fingerprint density at radius 3 is 2.53 bits per heavy atom. The summed E-state index contributed by atoms with van der Waals surface area (Å²) in [7, 11) is 0. The SMILES string of the molecule is C=C(C1=CCC(C(F)(F)F)C=C1)C(=N[C@@H](C)c1ccccn1)OCc1ccccc1. The molecule has 1 heterocycles. The average molecular weight is 412 g/mol. The summed E-state index contributed by atoms with van der Waals surface area (Å²) in [4.78, 5) is 8.95. The Bertz CT molecular complexity index is 947. The summed E-state index contributed by atoms with van der Waals surface area (Å²) in [5, 5.41) is 0. The van der Waals surface area contributed by atoms with Gasteiger partial charge in [-0.15, -0.1) is 0 Å². The Labute approximate surface area is 174 Å². The number of pyridine rings is 1. The van der Waals surface area contributed by atoms with Crippen LogP contribution in [0.25, 0.3) is 0 Å². The molecule has 0 bridgehead atoms. The smallest absolute Gasteiger partial charge is 0.395 e. The summed E-state index contributed by atoms with van der Waals surface area (Å²) in [6, 6.07) is 14.8. The molecule has 2 atom stereocenters. The van der Waals surface area contributed by atoms with Crippen LogP contribution in [-0.4, -0.2) is 17.1 Å². The number of halogens is 3. The van der Waals surface area contributed by atoms with Gasteiger partial charge < -0.3 is 4.74 Å². The zero-order valence-electron chi connectivity index (χ0n) is 16.6. The van der Waals surface area contributed by atoms with Gasteiger partial charge in [-0.05, 0) is 36.6 Å². The molecule has 6 heteroatoms. The van der Waals surface area contributed by atoms with Gasteiger partial charge in [0, 0.05) is 11.8 Å². The minimum absolute atomic E-state index is 0.129. The van der Waals surface area contributed by atoms with E-state index in [1.54, 1.807) is 6.20 Å². The number of rotatable bonds is 6. The molecule has 0 saturated heterocycles. The lowest BCUT2D eigenvalue weighted by Gasteiger charge is -2.21. The van der Waals surface area contributed by atoms with E-state index in [-0.39, 0.29) is 19.1 Å². The van der Waals surface area contributed by atoms with Crippen molar-refractivity contribution in [3.8, 4) is 0 Å². The highest BCUT2D eigenvalue weighted by Crippen LogP contribution is 2.34. The van der Waals surface area contributed by atoms with Gasteiger partial charge >= 0.3 is 6.18 Å². The van der Waals surface area contributed by atoms with Crippen LogP contribution in [0.2, 0.25) is 0 Å². The van der Waals surface area contributed by atoms with E-state index >= 15 is 0 Å². The molecule has 0 saturated carbocycles. The van der Waals surface area contributed by atoms with Crippen molar-refractivity contribution in [3.63, 3.8) is 0 Å². The Morgan fingerprint density at radius 2 is 1.93 bits per heavy atom. The maximum Gasteiger partial charge on any atom is 0.395 e. The number of nitrogens with zero attached hydrogens (tertiary/aromatic N) is 2. The fraction of sp³-hybridized carbons (Fsp3) is 0.250. The molecule has 156 valence electrons. The van der Waals surface area contributed by atoms with Crippen molar-refractivity contribution >= 4 is 5.90 Å². The largest absolute Gasteiger partial charge is 0.473 e. The van der Waals surface area contributed by atoms with Crippen LogP contribution in [0.15, 0.2) is 95.7 Å². The Hall–Kier alpha value is -3.15. The molecule has 0 amide bonds. The van der Waals surface area contributed by atoms with Crippen molar-refractivity contribution in [2.45, 2.75) is 32.2 Å². The zero-order valence-corrected chi connectivity index (χ0v) is 16.6. The molecule has 30 heavy (non-hydrogen) atoms. The molecule has 1 aliphatic carbocycles. The first-order valence-electron chi connectivity index (χ1n) is 9.65. The fourth-order valence-corrected chi connectivity index (χ4v) is 3.00.